The first kappa shape index (κ1) is 5.57. The monoisotopic (exact) mass is 255 g/mol. The second-order valence-corrected chi connectivity index (χ2v) is 2.68. The van der Waals surface area contributed by atoms with Gasteiger partial charge in [0.1, 0.15) is 0 Å². The molecule has 0 aromatic rings. The van der Waals surface area contributed by atoms with E-state index in [2.05, 4.69) is 6.99 Å². The standard InChI is InChI=1S/2CH3O.Ir/c2*1-2;/h2*1H3;/q2*-1;+2. The first-order valence-electron chi connectivity index (χ1n) is 1.09. The van der Waals surface area contributed by atoms with E-state index in [0.29, 0.717) is 0 Å². The van der Waals surface area contributed by atoms with Crippen LogP contribution in [-0.4, -0.2) is 14.2 Å². The van der Waals surface area contributed by atoms with Crippen LogP contribution in [0.3, 0.4) is 0 Å². The van der Waals surface area contributed by atoms with Gasteiger partial charge < -0.3 is 0 Å². The molecular formula is C2H6IrO2. The van der Waals surface area contributed by atoms with Gasteiger partial charge in [-0.2, -0.15) is 0 Å². The third-order valence-electron chi connectivity index (χ3n) is 0.111. The summed E-state index contributed by atoms with van der Waals surface area (Å²) in [7, 11) is 3.28. The molecule has 0 aliphatic heterocycles. The Morgan fingerprint density at radius 1 is 1.20 bits per heavy atom. The van der Waals surface area contributed by atoms with Crippen molar-refractivity contribution in [3.63, 3.8) is 0 Å². The van der Waals surface area contributed by atoms with Crippen LogP contribution in [0.15, 0.2) is 0 Å². The molecule has 0 radical (unpaired) electrons. The summed E-state index contributed by atoms with van der Waals surface area (Å²) in [5.74, 6) is 0. The molecule has 35 valence electrons. The zero-order valence-corrected chi connectivity index (χ0v) is 5.54. The molecule has 0 spiro atoms. The maximum absolute atomic E-state index is 4.59. The Morgan fingerprint density at radius 2 is 1.60 bits per heavy atom. The van der Waals surface area contributed by atoms with Gasteiger partial charge in [0.05, 0.1) is 0 Å². The minimum atomic E-state index is -0.472. The van der Waals surface area contributed by atoms with Gasteiger partial charge in [-0.25, -0.2) is 0 Å². The molecule has 0 amide bonds. The predicted molar refractivity (Wildman–Crippen MR) is 14.0 cm³/mol. The quantitative estimate of drug-likeness (QED) is 0.700. The zero-order chi connectivity index (χ0) is 4.12. The molecule has 3 heteroatoms. The summed E-state index contributed by atoms with van der Waals surface area (Å²) in [5.41, 5.74) is 0. The van der Waals surface area contributed by atoms with Crippen LogP contribution in [0.5, 0.6) is 0 Å². The summed E-state index contributed by atoms with van der Waals surface area (Å²) in [6.07, 6.45) is 0. The van der Waals surface area contributed by atoms with Crippen LogP contribution >= 0.6 is 0 Å². The first-order valence-corrected chi connectivity index (χ1v) is 3.04. The van der Waals surface area contributed by atoms with Gasteiger partial charge in [0.2, 0.25) is 0 Å². The summed E-state index contributed by atoms with van der Waals surface area (Å²) in [6, 6.07) is 0. The second kappa shape index (κ2) is 4.57. The Hall–Kier alpha value is 0.569. The fraction of sp³-hybridized carbons (Fsp3) is 1.00. The topological polar surface area (TPSA) is 18.5 Å². The zero-order valence-electron chi connectivity index (χ0n) is 3.15. The van der Waals surface area contributed by atoms with Gasteiger partial charge in [-0.15, -0.1) is 0 Å². The molecule has 5 heavy (non-hydrogen) atoms. The van der Waals surface area contributed by atoms with E-state index in [-0.39, 0.29) is 0 Å². The van der Waals surface area contributed by atoms with E-state index in [1.165, 1.54) is 0 Å². The molecular weight excluding hydrogens is 248 g/mol. The fourth-order valence-electron chi connectivity index (χ4n) is 0.0556. The van der Waals surface area contributed by atoms with E-state index >= 15 is 0 Å². The Morgan fingerprint density at radius 3 is 1.60 bits per heavy atom. The van der Waals surface area contributed by atoms with Crippen LogP contribution in [0.25, 0.3) is 0 Å². The van der Waals surface area contributed by atoms with Crippen molar-refractivity contribution in [2.75, 3.05) is 14.2 Å². The maximum atomic E-state index is 4.59. The van der Waals surface area contributed by atoms with E-state index in [4.69, 9.17) is 0 Å². The van der Waals surface area contributed by atoms with Crippen molar-refractivity contribution in [1.82, 2.24) is 0 Å². The van der Waals surface area contributed by atoms with Gasteiger partial charge in [0, 0.05) is 0 Å². The van der Waals surface area contributed by atoms with Crippen molar-refractivity contribution in [3.05, 3.63) is 0 Å². The molecule has 0 unspecified atom stereocenters. The van der Waals surface area contributed by atoms with Crippen molar-refractivity contribution < 1.29 is 25.4 Å². The van der Waals surface area contributed by atoms with Crippen LogP contribution in [0.1, 0.15) is 0 Å². The summed E-state index contributed by atoms with van der Waals surface area (Å²) < 4.78 is 9.19. The molecule has 0 aliphatic carbocycles. The molecule has 0 aromatic heterocycles. The van der Waals surface area contributed by atoms with Crippen LogP contribution in [0.4, 0.5) is 0 Å². The molecule has 0 heterocycles. The molecule has 0 bridgehead atoms. The Labute approximate surface area is 40.3 Å². The minimum absolute atomic E-state index is 0.472. The van der Waals surface area contributed by atoms with Crippen LogP contribution in [-0.2, 0) is 25.4 Å². The van der Waals surface area contributed by atoms with Gasteiger partial charge in [-0.3, -0.25) is 0 Å². The number of hydrogen-bond donors (Lipinski definition) is 0. The van der Waals surface area contributed by atoms with Crippen LogP contribution in [0.2, 0.25) is 0 Å². The van der Waals surface area contributed by atoms with Crippen LogP contribution in [0, 0.1) is 0 Å². The van der Waals surface area contributed by atoms with Crippen molar-refractivity contribution in [2.24, 2.45) is 0 Å². The Balaban J connectivity index is 2.19. The molecule has 0 aromatic carbocycles. The molecule has 0 saturated heterocycles. The van der Waals surface area contributed by atoms with Gasteiger partial charge >= 0.3 is 39.6 Å². The number of hydrogen-bond acceptors (Lipinski definition) is 2. The molecule has 0 atom stereocenters. The summed E-state index contributed by atoms with van der Waals surface area (Å²) in [4.78, 5) is 0. The predicted octanol–water partition coefficient (Wildman–Crippen LogP) is 0.192. The second-order valence-electron chi connectivity index (χ2n) is 0.328. The van der Waals surface area contributed by atoms with Gasteiger partial charge in [0.25, 0.3) is 0 Å². The first-order chi connectivity index (χ1) is 2.41. The van der Waals surface area contributed by atoms with Gasteiger partial charge in [-0.05, 0) is 0 Å². The van der Waals surface area contributed by atoms with Crippen molar-refractivity contribution in [2.45, 2.75) is 0 Å². The average Bonchev–Trinajstić information content (AvgIpc) is 1.41. The van der Waals surface area contributed by atoms with Gasteiger partial charge in [0.15, 0.2) is 0 Å². The summed E-state index contributed by atoms with van der Waals surface area (Å²) in [6.45, 7) is 0. The summed E-state index contributed by atoms with van der Waals surface area (Å²) >= 11 is -0.472. The van der Waals surface area contributed by atoms with E-state index in [1.807, 2.05) is 0 Å². The molecule has 0 N–H and O–H groups in total. The van der Waals surface area contributed by atoms with E-state index < -0.39 is 18.4 Å². The fourth-order valence-corrected chi connectivity index (χ4v) is 0.455. The molecule has 0 aliphatic rings. The van der Waals surface area contributed by atoms with E-state index in [1.54, 1.807) is 14.2 Å². The SMILES string of the molecule is C[O][Ir][O]C. The Kier molecular flexibility index (Phi) is 5.09. The third-order valence-corrected chi connectivity index (χ3v) is 0.909. The van der Waals surface area contributed by atoms with Crippen molar-refractivity contribution in [3.8, 4) is 0 Å². The molecule has 0 saturated carbocycles. The van der Waals surface area contributed by atoms with Crippen molar-refractivity contribution in [1.29, 1.82) is 0 Å². The molecule has 0 rings (SSSR count). The van der Waals surface area contributed by atoms with E-state index in [9.17, 15) is 0 Å². The van der Waals surface area contributed by atoms with E-state index in [0.717, 1.165) is 0 Å². The van der Waals surface area contributed by atoms with Crippen molar-refractivity contribution >= 4 is 0 Å². The third kappa shape index (κ3) is 4.57. The van der Waals surface area contributed by atoms with Crippen LogP contribution < -0.4 is 0 Å². The normalized spacial score (nSPS) is 9.20. The average molecular weight is 254 g/mol. The molecule has 0 fully saturated rings. The van der Waals surface area contributed by atoms with Gasteiger partial charge in [-0.1, -0.05) is 0 Å². The Bertz CT molecular complexity index is 15.1. The molecule has 2 nitrogen and oxygen atoms in total. The summed E-state index contributed by atoms with van der Waals surface area (Å²) in [5, 5.41) is 0. The number of rotatable bonds is 2.